The number of hydrogen-bond acceptors (Lipinski definition) is 4. The van der Waals surface area contributed by atoms with E-state index in [4.69, 9.17) is 10.7 Å². The Morgan fingerprint density at radius 2 is 2.10 bits per heavy atom. The Labute approximate surface area is 169 Å². The molecule has 1 aliphatic carbocycles. The van der Waals surface area contributed by atoms with Crippen LogP contribution in [0.2, 0.25) is 0 Å². The smallest absolute Gasteiger partial charge is 0.278 e. The maximum absolute atomic E-state index is 13.3. The van der Waals surface area contributed by atoms with Crippen molar-refractivity contribution in [3.8, 4) is 0 Å². The highest BCUT2D eigenvalue weighted by molar-refractivity contribution is 6.00. The van der Waals surface area contributed by atoms with Crippen molar-refractivity contribution in [3.63, 3.8) is 0 Å². The fourth-order valence-electron chi connectivity index (χ4n) is 4.16. The van der Waals surface area contributed by atoms with Crippen LogP contribution in [0.5, 0.6) is 0 Å². The number of carbonyl (C=O) groups is 1. The minimum Gasteiger partial charge on any atom is -0.349 e. The fraction of sp³-hybridized carbons (Fsp3) is 0.455. The highest BCUT2D eigenvalue weighted by Crippen LogP contribution is 2.21. The van der Waals surface area contributed by atoms with E-state index in [0.717, 1.165) is 37.7 Å². The topological polar surface area (TPSA) is 93.4 Å². The van der Waals surface area contributed by atoms with Crippen molar-refractivity contribution in [1.82, 2.24) is 14.7 Å². The van der Waals surface area contributed by atoms with Crippen LogP contribution in [0.4, 0.5) is 5.82 Å². The third-order valence-corrected chi connectivity index (χ3v) is 6.00. The lowest BCUT2D eigenvalue weighted by atomic mass is 10.1. The molecule has 3 aromatic heterocycles. The first kappa shape index (κ1) is 19.4. The first-order valence-electron chi connectivity index (χ1n) is 10.4. The van der Waals surface area contributed by atoms with Gasteiger partial charge < -0.3 is 11.1 Å². The van der Waals surface area contributed by atoms with Gasteiger partial charge in [-0.15, -0.1) is 0 Å². The first-order chi connectivity index (χ1) is 13.9. The van der Waals surface area contributed by atoms with Gasteiger partial charge in [0.25, 0.3) is 17.1 Å². The zero-order valence-corrected chi connectivity index (χ0v) is 17.2. The van der Waals surface area contributed by atoms with Crippen molar-refractivity contribution in [1.29, 1.82) is 0 Å². The maximum Gasteiger partial charge on any atom is 0.278 e. The Balaban J connectivity index is 1.98. The number of carbonyl (C=O) groups excluding carboxylic acids is 1. The van der Waals surface area contributed by atoms with Crippen molar-refractivity contribution in [3.05, 3.63) is 45.9 Å². The summed E-state index contributed by atoms with van der Waals surface area (Å²) in [6.45, 7) is 6.00. The van der Waals surface area contributed by atoms with Crippen LogP contribution in [0.3, 0.4) is 0 Å². The summed E-state index contributed by atoms with van der Waals surface area (Å²) in [4.78, 5) is 31.0. The monoisotopic (exact) mass is 394 g/mol. The lowest BCUT2D eigenvalue weighted by molar-refractivity contribution is -0.683. The molecule has 1 aliphatic rings. The number of aromatic nitrogens is 3. The van der Waals surface area contributed by atoms with E-state index < -0.39 is 0 Å². The van der Waals surface area contributed by atoms with Crippen molar-refractivity contribution >= 4 is 28.4 Å². The molecular formula is C22H28N5O2+. The average molecular weight is 394 g/mol. The van der Waals surface area contributed by atoms with E-state index in [9.17, 15) is 9.59 Å². The molecule has 0 aromatic carbocycles. The molecule has 0 unspecified atom stereocenters. The number of nitrogens with one attached hydrogen (secondary N) is 1. The van der Waals surface area contributed by atoms with E-state index in [1.807, 2.05) is 37.5 Å². The van der Waals surface area contributed by atoms with E-state index in [-0.39, 0.29) is 23.6 Å². The van der Waals surface area contributed by atoms with Gasteiger partial charge in [0, 0.05) is 12.2 Å². The minimum atomic E-state index is -0.220. The molecule has 7 heteroatoms. The molecule has 1 atom stereocenters. The van der Waals surface area contributed by atoms with Crippen LogP contribution in [0.25, 0.3) is 16.7 Å². The molecule has 1 amide bonds. The number of hydrogen-bond donors (Lipinski definition) is 2. The summed E-state index contributed by atoms with van der Waals surface area (Å²) in [5.41, 5.74) is 8.67. The second kappa shape index (κ2) is 7.46. The third-order valence-electron chi connectivity index (χ3n) is 6.00. The number of pyridine rings is 2. The summed E-state index contributed by atoms with van der Waals surface area (Å²) >= 11 is 0. The van der Waals surface area contributed by atoms with Gasteiger partial charge in [-0.25, -0.2) is 4.57 Å². The first-order valence-corrected chi connectivity index (χ1v) is 10.4. The molecule has 4 rings (SSSR count). The third kappa shape index (κ3) is 3.34. The van der Waals surface area contributed by atoms with E-state index in [1.165, 1.54) is 4.40 Å². The van der Waals surface area contributed by atoms with Crippen molar-refractivity contribution < 1.29 is 9.36 Å². The predicted molar refractivity (Wildman–Crippen MR) is 113 cm³/mol. The van der Waals surface area contributed by atoms with E-state index in [2.05, 4.69) is 5.32 Å². The number of fused-ring (bicyclic) bond motifs is 2. The van der Waals surface area contributed by atoms with Crippen LogP contribution in [0.1, 0.15) is 67.9 Å². The molecule has 3 aromatic rings. The Morgan fingerprint density at radius 3 is 2.79 bits per heavy atom. The summed E-state index contributed by atoms with van der Waals surface area (Å²) in [5, 5.41) is 3.49. The zero-order chi connectivity index (χ0) is 20.7. The van der Waals surface area contributed by atoms with Crippen LogP contribution in [-0.4, -0.2) is 21.3 Å². The molecular weight excluding hydrogens is 366 g/mol. The number of amides is 1. The van der Waals surface area contributed by atoms with Crippen LogP contribution in [0, 0.1) is 6.92 Å². The number of nitrogens with two attached hydrogens (primary N) is 1. The minimum absolute atomic E-state index is 0.00321. The largest absolute Gasteiger partial charge is 0.349 e. The molecule has 29 heavy (non-hydrogen) atoms. The van der Waals surface area contributed by atoms with E-state index in [1.54, 1.807) is 12.3 Å². The quantitative estimate of drug-likeness (QED) is 0.525. The van der Waals surface area contributed by atoms with Gasteiger partial charge in [-0.3, -0.25) is 14.0 Å². The second-order valence-corrected chi connectivity index (χ2v) is 8.11. The van der Waals surface area contributed by atoms with Gasteiger partial charge >= 0.3 is 0 Å². The molecule has 0 saturated heterocycles. The molecule has 1 fully saturated rings. The van der Waals surface area contributed by atoms with E-state index in [0.29, 0.717) is 28.1 Å². The number of nitrogen functional groups attached to an aromatic ring is 1. The summed E-state index contributed by atoms with van der Waals surface area (Å²) in [6.07, 6.45) is 6.79. The van der Waals surface area contributed by atoms with Gasteiger partial charge in [0.2, 0.25) is 11.5 Å². The predicted octanol–water partition coefficient (Wildman–Crippen LogP) is 2.67. The van der Waals surface area contributed by atoms with Crippen molar-refractivity contribution in [2.75, 3.05) is 5.73 Å². The molecule has 1 saturated carbocycles. The Bertz CT molecular complexity index is 1160. The number of nitrogens with zero attached hydrogens (tertiary/aromatic N) is 3. The van der Waals surface area contributed by atoms with Gasteiger partial charge in [-0.1, -0.05) is 30.8 Å². The van der Waals surface area contributed by atoms with Crippen LogP contribution in [0.15, 0.2) is 29.2 Å². The Morgan fingerprint density at radius 1 is 1.38 bits per heavy atom. The van der Waals surface area contributed by atoms with Crippen molar-refractivity contribution in [2.45, 2.75) is 65.0 Å². The number of rotatable bonds is 4. The van der Waals surface area contributed by atoms with Gasteiger partial charge in [0.15, 0.2) is 0 Å². The molecule has 152 valence electrons. The SMILES string of the molecule is CC[C@@H](C)[n+]1c(N)c(C(=O)NC2CCCC2)cc2c(=O)n3cc(C)ccc3nc21. The molecule has 7 nitrogen and oxygen atoms in total. The summed E-state index contributed by atoms with van der Waals surface area (Å²) in [7, 11) is 0. The van der Waals surface area contributed by atoms with Crippen molar-refractivity contribution in [2.24, 2.45) is 0 Å². The van der Waals surface area contributed by atoms with Gasteiger partial charge in [0.05, 0.1) is 6.04 Å². The molecule has 3 heterocycles. The van der Waals surface area contributed by atoms with E-state index >= 15 is 0 Å². The molecule has 0 bridgehead atoms. The highest BCUT2D eigenvalue weighted by Gasteiger charge is 2.28. The number of aryl methyl sites for hydroxylation is 1. The zero-order valence-electron chi connectivity index (χ0n) is 17.2. The van der Waals surface area contributed by atoms with Gasteiger partial charge in [0.1, 0.15) is 10.9 Å². The highest BCUT2D eigenvalue weighted by atomic mass is 16.2. The normalized spacial score (nSPS) is 15.8. The van der Waals surface area contributed by atoms with Crippen LogP contribution < -0.4 is 21.2 Å². The fourth-order valence-corrected chi connectivity index (χ4v) is 4.16. The molecule has 0 aliphatic heterocycles. The Kier molecular flexibility index (Phi) is 4.98. The standard InChI is InChI=1S/C22H27N5O2/c1-4-14(3)27-19(23)16(21(28)24-15-7-5-6-8-15)11-17-20(27)25-18-10-9-13(2)12-26(18)22(17)29/h9-12,14-15,23H,4-8H2,1-3H3,(H,24,28)/p+1/t14-/m1/s1. The van der Waals surface area contributed by atoms with Crippen LogP contribution >= 0.6 is 0 Å². The molecule has 0 spiro atoms. The second-order valence-electron chi connectivity index (χ2n) is 8.11. The Hall–Kier alpha value is -2.96. The summed E-state index contributed by atoms with van der Waals surface area (Å²) < 4.78 is 3.37. The lowest BCUT2D eigenvalue weighted by Crippen LogP contribution is -2.45. The summed E-state index contributed by atoms with van der Waals surface area (Å²) in [5.74, 6) is 0.132. The van der Waals surface area contributed by atoms with Crippen LogP contribution in [-0.2, 0) is 0 Å². The summed E-state index contributed by atoms with van der Waals surface area (Å²) in [6, 6.07) is 5.53. The lowest BCUT2D eigenvalue weighted by Gasteiger charge is -2.17. The van der Waals surface area contributed by atoms with Gasteiger partial charge in [-0.05, 0) is 50.8 Å². The molecule has 0 radical (unpaired) electrons. The number of anilines is 1. The average Bonchev–Trinajstić information content (AvgIpc) is 3.21. The van der Waals surface area contributed by atoms with Gasteiger partial charge in [-0.2, -0.15) is 0 Å². The molecule has 3 N–H and O–H groups in total. The maximum atomic E-state index is 13.3.